The molecular formula is C22H26N2OS. The number of amides is 1. The van der Waals surface area contributed by atoms with Gasteiger partial charge >= 0.3 is 0 Å². The molecule has 1 aliphatic carbocycles. The predicted octanol–water partition coefficient (Wildman–Crippen LogP) is 5.48. The molecule has 136 valence electrons. The van der Waals surface area contributed by atoms with Crippen molar-refractivity contribution >= 4 is 17.7 Å². The lowest BCUT2D eigenvalue weighted by atomic mass is 10.0. The van der Waals surface area contributed by atoms with Gasteiger partial charge in [0.05, 0.1) is 11.1 Å². The van der Waals surface area contributed by atoms with Gasteiger partial charge in [0.1, 0.15) is 0 Å². The summed E-state index contributed by atoms with van der Waals surface area (Å²) < 4.78 is 0. The summed E-state index contributed by atoms with van der Waals surface area (Å²) in [5.74, 6) is 0.133. The lowest BCUT2D eigenvalue weighted by Crippen LogP contribution is -2.30. The molecule has 1 saturated heterocycles. The summed E-state index contributed by atoms with van der Waals surface area (Å²) in [6.45, 7) is 0.830. The fraction of sp³-hybridized carbons (Fsp3) is 0.455. The van der Waals surface area contributed by atoms with Crippen molar-refractivity contribution in [1.29, 1.82) is 0 Å². The molecule has 4 heteroatoms. The van der Waals surface area contributed by atoms with Crippen molar-refractivity contribution in [3.8, 4) is 0 Å². The number of pyridine rings is 1. The summed E-state index contributed by atoms with van der Waals surface area (Å²) in [7, 11) is 0. The van der Waals surface area contributed by atoms with E-state index in [9.17, 15) is 4.79 Å². The molecule has 4 rings (SSSR count). The number of carbonyl (C=O) groups excluding carboxylic acids is 1. The monoisotopic (exact) mass is 366 g/mol. The Morgan fingerprint density at radius 2 is 1.77 bits per heavy atom. The van der Waals surface area contributed by atoms with E-state index in [0.717, 1.165) is 35.2 Å². The van der Waals surface area contributed by atoms with Crippen LogP contribution < -0.4 is 0 Å². The number of thioether (sulfide) groups is 1. The van der Waals surface area contributed by atoms with Crippen molar-refractivity contribution in [1.82, 2.24) is 9.88 Å². The van der Waals surface area contributed by atoms with Gasteiger partial charge in [-0.25, -0.2) is 4.98 Å². The molecule has 1 aromatic carbocycles. The van der Waals surface area contributed by atoms with Crippen molar-refractivity contribution in [2.24, 2.45) is 0 Å². The Hall–Kier alpha value is -1.81. The molecule has 0 bridgehead atoms. The van der Waals surface area contributed by atoms with Crippen LogP contribution in [0.5, 0.6) is 0 Å². The molecule has 2 aliphatic rings. The fourth-order valence-corrected chi connectivity index (χ4v) is 5.29. The minimum Gasteiger partial charge on any atom is -0.332 e. The minimum atomic E-state index is 0.133. The quantitative estimate of drug-likeness (QED) is 0.718. The smallest absolute Gasteiger partial charge is 0.254 e. The van der Waals surface area contributed by atoms with Crippen LogP contribution in [0.15, 0.2) is 53.7 Å². The Labute approximate surface area is 160 Å². The molecule has 0 N–H and O–H groups in total. The normalized spacial score (nSPS) is 21.1. The number of hydrogen-bond acceptors (Lipinski definition) is 3. The highest BCUT2D eigenvalue weighted by Crippen LogP contribution is 2.35. The second-order valence-corrected chi connectivity index (χ2v) is 8.65. The molecular weight excluding hydrogens is 340 g/mol. The Morgan fingerprint density at radius 1 is 0.962 bits per heavy atom. The van der Waals surface area contributed by atoms with Crippen molar-refractivity contribution in [3.05, 3.63) is 59.8 Å². The number of aromatic nitrogens is 1. The summed E-state index contributed by atoms with van der Waals surface area (Å²) in [6, 6.07) is 14.1. The van der Waals surface area contributed by atoms with Gasteiger partial charge in [-0.1, -0.05) is 43.5 Å². The van der Waals surface area contributed by atoms with Gasteiger partial charge < -0.3 is 4.90 Å². The SMILES string of the molecule is O=C(c1ccccc1)N1CCC[C@@H]1c1ccc(SC2CCCCC2)nc1. The van der Waals surface area contributed by atoms with Crippen LogP contribution in [0.4, 0.5) is 0 Å². The van der Waals surface area contributed by atoms with E-state index in [0.29, 0.717) is 0 Å². The summed E-state index contributed by atoms with van der Waals surface area (Å²) >= 11 is 1.93. The zero-order valence-corrected chi connectivity index (χ0v) is 16.0. The highest BCUT2D eigenvalue weighted by atomic mass is 32.2. The fourth-order valence-electron chi connectivity index (χ4n) is 4.12. The predicted molar refractivity (Wildman–Crippen MR) is 106 cm³/mol. The maximum atomic E-state index is 12.9. The largest absolute Gasteiger partial charge is 0.332 e. The number of rotatable bonds is 4. The number of carbonyl (C=O) groups is 1. The number of hydrogen-bond donors (Lipinski definition) is 0. The third-order valence-electron chi connectivity index (χ3n) is 5.52. The van der Waals surface area contributed by atoms with Gasteiger partial charge in [-0.3, -0.25) is 4.79 Å². The molecule has 0 unspecified atom stereocenters. The van der Waals surface area contributed by atoms with Crippen LogP contribution in [0.3, 0.4) is 0 Å². The van der Waals surface area contributed by atoms with Crippen LogP contribution >= 0.6 is 11.8 Å². The Morgan fingerprint density at radius 3 is 2.50 bits per heavy atom. The highest BCUT2D eigenvalue weighted by Gasteiger charge is 2.30. The standard InChI is InChI=1S/C22H26N2OS/c25-22(17-8-3-1-4-9-17)24-15-7-12-20(24)18-13-14-21(23-16-18)26-19-10-5-2-6-11-19/h1,3-4,8-9,13-14,16,19-20H,2,5-7,10-12,15H2/t20-/m1/s1. The van der Waals surface area contributed by atoms with Crippen LogP contribution in [-0.4, -0.2) is 27.6 Å². The maximum Gasteiger partial charge on any atom is 0.254 e. The van der Waals surface area contributed by atoms with E-state index >= 15 is 0 Å². The van der Waals surface area contributed by atoms with Crippen LogP contribution in [-0.2, 0) is 0 Å². The molecule has 1 aliphatic heterocycles. The van der Waals surface area contributed by atoms with E-state index in [1.165, 1.54) is 37.7 Å². The third-order valence-corrected chi connectivity index (χ3v) is 6.81. The molecule has 0 spiro atoms. The molecule has 2 aromatic rings. The van der Waals surface area contributed by atoms with Gasteiger partial charge in [-0.2, -0.15) is 0 Å². The van der Waals surface area contributed by atoms with E-state index in [4.69, 9.17) is 4.98 Å². The van der Waals surface area contributed by atoms with Crippen molar-refractivity contribution in [3.63, 3.8) is 0 Å². The average molecular weight is 367 g/mol. The van der Waals surface area contributed by atoms with Gasteiger partial charge in [-0.05, 0) is 49.4 Å². The Kier molecular flexibility index (Phi) is 5.59. The second kappa shape index (κ2) is 8.26. The molecule has 2 heterocycles. The van der Waals surface area contributed by atoms with Crippen LogP contribution in [0.25, 0.3) is 0 Å². The Balaban J connectivity index is 1.45. The average Bonchev–Trinajstić information content (AvgIpc) is 3.19. The number of benzene rings is 1. The van der Waals surface area contributed by atoms with Gasteiger partial charge in [0, 0.05) is 23.6 Å². The molecule has 1 atom stereocenters. The van der Waals surface area contributed by atoms with Crippen molar-refractivity contribution < 1.29 is 4.79 Å². The van der Waals surface area contributed by atoms with Crippen LogP contribution in [0.1, 0.15) is 66.9 Å². The molecule has 0 radical (unpaired) electrons. The van der Waals surface area contributed by atoms with Gasteiger partial charge in [0.25, 0.3) is 5.91 Å². The van der Waals surface area contributed by atoms with Crippen molar-refractivity contribution in [2.45, 2.75) is 61.3 Å². The maximum absolute atomic E-state index is 12.9. The van der Waals surface area contributed by atoms with E-state index in [2.05, 4.69) is 12.1 Å². The first kappa shape index (κ1) is 17.6. The summed E-state index contributed by atoms with van der Waals surface area (Å²) in [5, 5.41) is 1.85. The van der Waals surface area contributed by atoms with E-state index in [-0.39, 0.29) is 11.9 Å². The van der Waals surface area contributed by atoms with Crippen LogP contribution in [0.2, 0.25) is 0 Å². The summed E-state index contributed by atoms with van der Waals surface area (Å²) in [6.07, 6.45) is 10.8. The first-order valence-electron chi connectivity index (χ1n) is 9.80. The zero-order chi connectivity index (χ0) is 17.8. The van der Waals surface area contributed by atoms with E-state index in [1.807, 2.05) is 53.2 Å². The lowest BCUT2D eigenvalue weighted by molar-refractivity contribution is 0.0735. The third kappa shape index (κ3) is 3.96. The molecule has 1 aromatic heterocycles. The summed E-state index contributed by atoms with van der Waals surface area (Å²) in [5.41, 5.74) is 1.94. The molecule has 26 heavy (non-hydrogen) atoms. The topological polar surface area (TPSA) is 33.2 Å². The molecule has 1 amide bonds. The highest BCUT2D eigenvalue weighted by molar-refractivity contribution is 7.99. The van der Waals surface area contributed by atoms with Gasteiger partial charge in [0.15, 0.2) is 0 Å². The first-order chi connectivity index (χ1) is 12.8. The number of likely N-dealkylation sites (tertiary alicyclic amines) is 1. The van der Waals surface area contributed by atoms with Crippen molar-refractivity contribution in [2.75, 3.05) is 6.54 Å². The van der Waals surface area contributed by atoms with E-state index < -0.39 is 0 Å². The van der Waals surface area contributed by atoms with Gasteiger partial charge in [0.2, 0.25) is 0 Å². The van der Waals surface area contributed by atoms with E-state index in [1.54, 1.807) is 0 Å². The van der Waals surface area contributed by atoms with Crippen LogP contribution in [0, 0.1) is 0 Å². The molecule has 2 fully saturated rings. The lowest BCUT2D eigenvalue weighted by Gasteiger charge is -2.25. The summed E-state index contributed by atoms with van der Waals surface area (Å²) in [4.78, 5) is 19.6. The van der Waals surface area contributed by atoms with Gasteiger partial charge in [-0.15, -0.1) is 11.8 Å². The number of nitrogens with zero attached hydrogens (tertiary/aromatic N) is 2. The Bertz CT molecular complexity index is 726. The zero-order valence-electron chi connectivity index (χ0n) is 15.1. The second-order valence-electron chi connectivity index (χ2n) is 7.33. The molecule has 3 nitrogen and oxygen atoms in total. The molecule has 1 saturated carbocycles. The minimum absolute atomic E-state index is 0.133. The first-order valence-corrected chi connectivity index (χ1v) is 10.7.